The molecule has 6 heteroatoms. The number of halogens is 1. The molecule has 0 unspecified atom stereocenters. The third-order valence-electron chi connectivity index (χ3n) is 3.57. The van der Waals surface area contributed by atoms with Crippen molar-refractivity contribution in [1.82, 2.24) is 10.6 Å². The van der Waals surface area contributed by atoms with E-state index in [0.717, 1.165) is 25.9 Å². The van der Waals surface area contributed by atoms with Gasteiger partial charge in [-0.2, -0.15) is 0 Å². The minimum atomic E-state index is -0.178. The Labute approximate surface area is 123 Å². The van der Waals surface area contributed by atoms with Crippen LogP contribution in [0.15, 0.2) is 12.1 Å². The van der Waals surface area contributed by atoms with Gasteiger partial charge in [-0.15, -0.1) is 0 Å². The van der Waals surface area contributed by atoms with Gasteiger partial charge in [0, 0.05) is 12.6 Å². The maximum Gasteiger partial charge on any atom is 0.255 e. The zero-order valence-electron chi connectivity index (χ0n) is 11.5. The fourth-order valence-corrected chi connectivity index (χ4v) is 2.50. The van der Waals surface area contributed by atoms with Gasteiger partial charge < -0.3 is 21.1 Å². The van der Waals surface area contributed by atoms with Crippen molar-refractivity contribution >= 4 is 23.2 Å². The standard InChI is InChI=1S/C14H20ClN3O2/c1-20-13-7-12(16)11(15)6-10(13)14(19)18-8-9-2-4-17-5-3-9/h6-7,9,17H,2-5,8,16H2,1H3,(H,18,19). The molecule has 0 aromatic heterocycles. The minimum absolute atomic E-state index is 0.178. The zero-order chi connectivity index (χ0) is 14.5. The predicted octanol–water partition coefficient (Wildman–Crippen LogP) is 1.66. The number of hydrogen-bond donors (Lipinski definition) is 3. The van der Waals surface area contributed by atoms with Crippen LogP contribution in [0.3, 0.4) is 0 Å². The van der Waals surface area contributed by atoms with Gasteiger partial charge in [-0.3, -0.25) is 4.79 Å². The second-order valence-electron chi connectivity index (χ2n) is 4.98. The number of benzene rings is 1. The van der Waals surface area contributed by atoms with E-state index < -0.39 is 0 Å². The molecule has 1 fully saturated rings. The van der Waals surface area contributed by atoms with Crippen LogP contribution in [0.25, 0.3) is 0 Å². The van der Waals surface area contributed by atoms with E-state index in [0.29, 0.717) is 34.5 Å². The van der Waals surface area contributed by atoms with Crippen molar-refractivity contribution < 1.29 is 9.53 Å². The first-order valence-electron chi connectivity index (χ1n) is 6.73. The first-order valence-corrected chi connectivity index (χ1v) is 7.11. The van der Waals surface area contributed by atoms with Crippen molar-refractivity contribution in [2.45, 2.75) is 12.8 Å². The normalized spacial score (nSPS) is 15.9. The number of nitrogens with one attached hydrogen (secondary N) is 2. The smallest absolute Gasteiger partial charge is 0.255 e. The van der Waals surface area contributed by atoms with Gasteiger partial charge in [0.15, 0.2) is 0 Å². The number of amides is 1. The molecule has 2 rings (SSSR count). The van der Waals surface area contributed by atoms with Gasteiger partial charge in [-0.25, -0.2) is 0 Å². The lowest BCUT2D eigenvalue weighted by Gasteiger charge is -2.23. The van der Waals surface area contributed by atoms with E-state index in [1.807, 2.05) is 0 Å². The highest BCUT2D eigenvalue weighted by Crippen LogP contribution is 2.28. The average molecular weight is 298 g/mol. The Bertz CT molecular complexity index is 488. The molecule has 1 heterocycles. The van der Waals surface area contributed by atoms with Crippen LogP contribution in [0.5, 0.6) is 5.75 Å². The molecule has 0 atom stereocenters. The van der Waals surface area contributed by atoms with Crippen LogP contribution in [0.4, 0.5) is 5.69 Å². The van der Waals surface area contributed by atoms with Crippen LogP contribution in [-0.2, 0) is 0 Å². The van der Waals surface area contributed by atoms with E-state index in [9.17, 15) is 4.79 Å². The second kappa shape index (κ2) is 6.81. The predicted molar refractivity (Wildman–Crippen MR) is 80.3 cm³/mol. The Balaban J connectivity index is 2.02. The lowest BCUT2D eigenvalue weighted by Crippen LogP contribution is -2.36. The summed E-state index contributed by atoms with van der Waals surface area (Å²) in [6.45, 7) is 2.70. The van der Waals surface area contributed by atoms with E-state index in [2.05, 4.69) is 10.6 Å². The van der Waals surface area contributed by atoms with Crippen LogP contribution < -0.4 is 21.1 Å². The first kappa shape index (κ1) is 14.9. The highest BCUT2D eigenvalue weighted by molar-refractivity contribution is 6.33. The number of ether oxygens (including phenoxy) is 1. The number of nitrogens with two attached hydrogens (primary N) is 1. The molecule has 110 valence electrons. The van der Waals surface area contributed by atoms with E-state index in [-0.39, 0.29) is 5.91 Å². The number of anilines is 1. The van der Waals surface area contributed by atoms with E-state index in [1.165, 1.54) is 7.11 Å². The maximum absolute atomic E-state index is 12.2. The van der Waals surface area contributed by atoms with Gasteiger partial charge in [0.2, 0.25) is 0 Å². The molecule has 1 aromatic carbocycles. The first-order chi connectivity index (χ1) is 9.61. The van der Waals surface area contributed by atoms with Crippen molar-refractivity contribution in [3.63, 3.8) is 0 Å². The average Bonchev–Trinajstić information content (AvgIpc) is 2.48. The lowest BCUT2D eigenvalue weighted by molar-refractivity contribution is 0.0941. The van der Waals surface area contributed by atoms with Crippen molar-refractivity contribution in [1.29, 1.82) is 0 Å². The lowest BCUT2D eigenvalue weighted by atomic mass is 9.98. The zero-order valence-corrected chi connectivity index (χ0v) is 12.3. The quantitative estimate of drug-likeness (QED) is 0.739. The highest BCUT2D eigenvalue weighted by Gasteiger charge is 2.18. The van der Waals surface area contributed by atoms with Gasteiger partial charge in [0.1, 0.15) is 5.75 Å². The molecule has 0 aliphatic carbocycles. The summed E-state index contributed by atoms with van der Waals surface area (Å²) < 4.78 is 5.18. The molecule has 0 spiro atoms. The number of rotatable bonds is 4. The van der Waals surface area contributed by atoms with Gasteiger partial charge in [0.05, 0.1) is 23.4 Å². The SMILES string of the molecule is COc1cc(N)c(Cl)cc1C(=O)NCC1CCNCC1. The summed E-state index contributed by atoms with van der Waals surface area (Å²) in [5.74, 6) is 0.785. The molecule has 1 aliphatic rings. The van der Waals surface area contributed by atoms with Crippen LogP contribution in [0.2, 0.25) is 5.02 Å². The van der Waals surface area contributed by atoms with E-state index in [4.69, 9.17) is 22.1 Å². The number of methoxy groups -OCH3 is 1. The topological polar surface area (TPSA) is 76.4 Å². The monoisotopic (exact) mass is 297 g/mol. The maximum atomic E-state index is 12.2. The minimum Gasteiger partial charge on any atom is -0.496 e. The second-order valence-corrected chi connectivity index (χ2v) is 5.38. The fraction of sp³-hybridized carbons (Fsp3) is 0.500. The Hall–Kier alpha value is -1.46. The van der Waals surface area contributed by atoms with Crippen LogP contribution in [0.1, 0.15) is 23.2 Å². The van der Waals surface area contributed by atoms with Gasteiger partial charge in [-0.1, -0.05) is 11.6 Å². The van der Waals surface area contributed by atoms with Crippen LogP contribution >= 0.6 is 11.6 Å². The summed E-state index contributed by atoms with van der Waals surface area (Å²) >= 11 is 5.97. The molecule has 0 radical (unpaired) electrons. The molecule has 0 bridgehead atoms. The summed E-state index contributed by atoms with van der Waals surface area (Å²) in [7, 11) is 1.51. The Morgan fingerprint density at radius 2 is 2.20 bits per heavy atom. The number of nitrogen functional groups attached to an aromatic ring is 1. The van der Waals surface area contributed by atoms with Crippen LogP contribution in [0, 0.1) is 5.92 Å². The molecule has 1 aliphatic heterocycles. The number of hydrogen-bond acceptors (Lipinski definition) is 4. The fourth-order valence-electron chi connectivity index (χ4n) is 2.33. The summed E-state index contributed by atoms with van der Waals surface area (Å²) in [5, 5.41) is 6.60. The van der Waals surface area contributed by atoms with Crippen molar-refractivity contribution in [3.05, 3.63) is 22.7 Å². The van der Waals surface area contributed by atoms with Crippen molar-refractivity contribution in [2.24, 2.45) is 5.92 Å². The van der Waals surface area contributed by atoms with E-state index in [1.54, 1.807) is 12.1 Å². The van der Waals surface area contributed by atoms with Crippen molar-refractivity contribution in [2.75, 3.05) is 32.5 Å². The summed E-state index contributed by atoms with van der Waals surface area (Å²) in [5.41, 5.74) is 6.52. The largest absolute Gasteiger partial charge is 0.496 e. The van der Waals surface area contributed by atoms with Gasteiger partial charge in [0.25, 0.3) is 5.91 Å². The third-order valence-corrected chi connectivity index (χ3v) is 3.90. The Morgan fingerprint density at radius 3 is 2.85 bits per heavy atom. The number of carbonyl (C=O) groups is 1. The van der Waals surface area contributed by atoms with E-state index >= 15 is 0 Å². The van der Waals surface area contributed by atoms with Gasteiger partial charge >= 0.3 is 0 Å². The van der Waals surface area contributed by atoms with Crippen LogP contribution in [-0.4, -0.2) is 32.7 Å². The Morgan fingerprint density at radius 1 is 1.50 bits per heavy atom. The molecule has 20 heavy (non-hydrogen) atoms. The highest BCUT2D eigenvalue weighted by atomic mass is 35.5. The summed E-state index contributed by atoms with van der Waals surface area (Å²) in [6, 6.07) is 3.12. The number of piperidine rings is 1. The van der Waals surface area contributed by atoms with Crippen molar-refractivity contribution in [3.8, 4) is 5.75 Å². The summed E-state index contributed by atoms with van der Waals surface area (Å²) in [6.07, 6.45) is 2.17. The molecule has 1 amide bonds. The molecule has 0 saturated carbocycles. The molecule has 1 saturated heterocycles. The summed E-state index contributed by atoms with van der Waals surface area (Å²) in [4.78, 5) is 12.2. The third kappa shape index (κ3) is 3.55. The number of carbonyl (C=O) groups excluding carboxylic acids is 1. The molecule has 4 N–H and O–H groups in total. The van der Waals surface area contributed by atoms with Gasteiger partial charge in [-0.05, 0) is 37.9 Å². The molecule has 1 aromatic rings. The molecular formula is C14H20ClN3O2. The molecule has 5 nitrogen and oxygen atoms in total. The Kier molecular flexibility index (Phi) is 5.09. The molecular weight excluding hydrogens is 278 g/mol.